The van der Waals surface area contributed by atoms with Gasteiger partial charge < -0.3 is 19.8 Å². The van der Waals surface area contributed by atoms with Gasteiger partial charge in [0.25, 0.3) is 0 Å². The molecular weight excluding hydrogens is 314 g/mol. The van der Waals surface area contributed by atoms with Crippen LogP contribution in [0.2, 0.25) is 0 Å². The second-order valence-electron chi connectivity index (χ2n) is 5.71. The Hall–Kier alpha value is -2.79. The number of H-pyrrole nitrogens is 1. The fourth-order valence-electron chi connectivity index (χ4n) is 2.65. The van der Waals surface area contributed by atoms with Gasteiger partial charge >= 0.3 is 0 Å². The van der Waals surface area contributed by atoms with Crippen LogP contribution in [0.3, 0.4) is 0 Å². The van der Waals surface area contributed by atoms with Crippen LogP contribution in [0.5, 0.6) is 11.5 Å². The molecule has 0 amide bonds. The van der Waals surface area contributed by atoms with E-state index in [1.165, 1.54) is 0 Å². The van der Waals surface area contributed by atoms with Crippen LogP contribution in [0, 0.1) is 0 Å². The monoisotopic (exact) mass is 337 g/mol. The summed E-state index contributed by atoms with van der Waals surface area (Å²) in [6, 6.07) is 14.0. The maximum absolute atomic E-state index is 5.57. The van der Waals surface area contributed by atoms with Crippen molar-refractivity contribution in [2.45, 2.75) is 13.0 Å². The first-order chi connectivity index (χ1) is 12.3. The second-order valence-corrected chi connectivity index (χ2v) is 5.71. The first-order valence-corrected chi connectivity index (χ1v) is 8.35. The zero-order valence-electron chi connectivity index (χ0n) is 14.4. The highest BCUT2D eigenvalue weighted by molar-refractivity contribution is 5.74. The predicted octanol–water partition coefficient (Wildman–Crippen LogP) is 3.47. The Kier molecular flexibility index (Phi) is 5.69. The number of nitrogens with one attached hydrogen (secondary N) is 2. The molecule has 0 saturated carbocycles. The van der Waals surface area contributed by atoms with Gasteiger partial charge in [-0.25, -0.2) is 4.98 Å². The van der Waals surface area contributed by atoms with E-state index in [2.05, 4.69) is 21.9 Å². The lowest BCUT2D eigenvalue weighted by molar-refractivity contribution is 0.326. The summed E-state index contributed by atoms with van der Waals surface area (Å²) in [7, 11) is 1.65. The van der Waals surface area contributed by atoms with Crippen LogP contribution in [-0.2, 0) is 13.0 Å². The number of fused-ring (bicyclic) bond motifs is 1. The zero-order chi connectivity index (χ0) is 17.5. The molecule has 0 radical (unpaired) electrons. The lowest BCUT2D eigenvalue weighted by Crippen LogP contribution is -2.17. The number of benzene rings is 2. The van der Waals surface area contributed by atoms with Crippen molar-refractivity contribution in [3.05, 3.63) is 66.5 Å². The minimum atomic E-state index is 0.464. The molecule has 1 heterocycles. The Morgan fingerprint density at radius 2 is 2.08 bits per heavy atom. The number of nitrogens with zero attached hydrogens (tertiary/aromatic N) is 1. The van der Waals surface area contributed by atoms with Crippen molar-refractivity contribution in [1.82, 2.24) is 15.3 Å². The third kappa shape index (κ3) is 4.39. The summed E-state index contributed by atoms with van der Waals surface area (Å²) in [4.78, 5) is 7.93. The lowest BCUT2D eigenvalue weighted by Gasteiger charge is -2.11. The van der Waals surface area contributed by atoms with E-state index in [4.69, 9.17) is 9.47 Å². The second kappa shape index (κ2) is 8.35. The van der Waals surface area contributed by atoms with Crippen LogP contribution in [0.15, 0.2) is 55.1 Å². The van der Waals surface area contributed by atoms with Crippen molar-refractivity contribution in [3.8, 4) is 11.5 Å². The first kappa shape index (κ1) is 17.0. The zero-order valence-corrected chi connectivity index (χ0v) is 14.4. The Labute approximate surface area is 147 Å². The molecule has 25 heavy (non-hydrogen) atoms. The van der Waals surface area contributed by atoms with Crippen molar-refractivity contribution in [2.24, 2.45) is 0 Å². The van der Waals surface area contributed by atoms with Gasteiger partial charge in [-0.3, -0.25) is 0 Å². The number of rotatable bonds is 9. The van der Waals surface area contributed by atoms with E-state index >= 15 is 0 Å². The molecule has 5 heteroatoms. The van der Waals surface area contributed by atoms with Crippen LogP contribution in [0.1, 0.15) is 11.4 Å². The van der Waals surface area contributed by atoms with Crippen molar-refractivity contribution in [2.75, 3.05) is 20.3 Å². The highest BCUT2D eigenvalue weighted by Gasteiger charge is 2.06. The molecule has 3 aromatic rings. The number of hydrogen-bond acceptors (Lipinski definition) is 4. The van der Waals surface area contributed by atoms with E-state index in [0.29, 0.717) is 6.61 Å². The van der Waals surface area contributed by atoms with E-state index in [9.17, 15) is 0 Å². The Balaban J connectivity index is 1.52. The number of aromatic nitrogens is 2. The number of para-hydroxylation sites is 2. The fraction of sp³-hybridized carbons (Fsp3) is 0.250. The summed E-state index contributed by atoms with van der Waals surface area (Å²) in [6.45, 7) is 5.72. The van der Waals surface area contributed by atoms with E-state index in [-0.39, 0.29) is 0 Å². The largest absolute Gasteiger partial charge is 0.493 e. The first-order valence-electron chi connectivity index (χ1n) is 8.35. The molecule has 0 fully saturated rings. The highest BCUT2D eigenvalue weighted by Crippen LogP contribution is 2.28. The maximum atomic E-state index is 5.57. The van der Waals surface area contributed by atoms with Crippen molar-refractivity contribution in [1.29, 1.82) is 0 Å². The van der Waals surface area contributed by atoms with Crippen molar-refractivity contribution in [3.63, 3.8) is 0 Å². The molecule has 0 bridgehead atoms. The number of aromatic amines is 1. The summed E-state index contributed by atoms with van der Waals surface area (Å²) >= 11 is 0. The fourth-order valence-corrected chi connectivity index (χ4v) is 2.65. The van der Waals surface area contributed by atoms with Crippen molar-refractivity contribution < 1.29 is 9.47 Å². The van der Waals surface area contributed by atoms with Crippen LogP contribution in [0.25, 0.3) is 11.0 Å². The number of imidazole rings is 1. The lowest BCUT2D eigenvalue weighted by atomic mass is 10.2. The normalized spacial score (nSPS) is 10.8. The molecule has 0 aliphatic rings. The van der Waals surface area contributed by atoms with E-state index in [1.54, 1.807) is 13.2 Å². The van der Waals surface area contributed by atoms with E-state index in [1.807, 2.05) is 42.5 Å². The summed E-state index contributed by atoms with van der Waals surface area (Å²) < 4.78 is 11.0. The summed E-state index contributed by atoms with van der Waals surface area (Å²) in [5.41, 5.74) is 3.24. The minimum absolute atomic E-state index is 0.464. The van der Waals surface area contributed by atoms with Gasteiger partial charge in [0.2, 0.25) is 0 Å². The molecule has 2 aromatic carbocycles. The molecule has 0 spiro atoms. The van der Waals surface area contributed by atoms with Crippen LogP contribution >= 0.6 is 0 Å². The molecule has 0 aliphatic carbocycles. The third-order valence-electron chi connectivity index (χ3n) is 3.89. The van der Waals surface area contributed by atoms with Crippen LogP contribution in [0.4, 0.5) is 0 Å². The Bertz CT molecular complexity index is 809. The van der Waals surface area contributed by atoms with Gasteiger partial charge in [0.15, 0.2) is 11.5 Å². The summed E-state index contributed by atoms with van der Waals surface area (Å²) in [5.74, 6) is 2.46. The van der Waals surface area contributed by atoms with Gasteiger partial charge in [-0.2, -0.15) is 0 Å². The van der Waals surface area contributed by atoms with Gasteiger partial charge in [0.1, 0.15) is 12.4 Å². The van der Waals surface area contributed by atoms with Crippen LogP contribution < -0.4 is 14.8 Å². The average Bonchev–Trinajstić information content (AvgIpc) is 3.06. The standard InChI is InChI=1S/C20H23N3O2/c1-3-12-25-18-9-8-15(13-19(18)24-2)14-21-11-10-20-22-16-6-4-5-7-17(16)23-20/h3-9,13,21H,1,10-12,14H2,2H3,(H,22,23). The van der Waals surface area contributed by atoms with Gasteiger partial charge in [0, 0.05) is 19.5 Å². The topological polar surface area (TPSA) is 59.2 Å². The van der Waals surface area contributed by atoms with E-state index in [0.717, 1.165) is 53.4 Å². The summed E-state index contributed by atoms with van der Waals surface area (Å²) in [6.07, 6.45) is 2.57. The number of ether oxygens (including phenoxy) is 2. The molecule has 3 rings (SSSR count). The maximum Gasteiger partial charge on any atom is 0.161 e. The molecular formula is C20H23N3O2. The van der Waals surface area contributed by atoms with Gasteiger partial charge in [-0.15, -0.1) is 0 Å². The Morgan fingerprint density at radius 3 is 2.88 bits per heavy atom. The van der Waals surface area contributed by atoms with E-state index < -0.39 is 0 Å². The predicted molar refractivity (Wildman–Crippen MR) is 100 cm³/mol. The van der Waals surface area contributed by atoms with Gasteiger partial charge in [-0.05, 0) is 29.8 Å². The average molecular weight is 337 g/mol. The highest BCUT2D eigenvalue weighted by atomic mass is 16.5. The smallest absolute Gasteiger partial charge is 0.161 e. The quantitative estimate of drug-likeness (QED) is 0.464. The number of methoxy groups -OCH3 is 1. The minimum Gasteiger partial charge on any atom is -0.493 e. The molecule has 5 nitrogen and oxygen atoms in total. The number of hydrogen-bond donors (Lipinski definition) is 2. The molecule has 0 atom stereocenters. The Morgan fingerprint density at radius 1 is 1.20 bits per heavy atom. The molecule has 0 saturated heterocycles. The molecule has 2 N–H and O–H groups in total. The van der Waals surface area contributed by atoms with Gasteiger partial charge in [0.05, 0.1) is 18.1 Å². The van der Waals surface area contributed by atoms with Gasteiger partial charge in [-0.1, -0.05) is 30.9 Å². The summed E-state index contributed by atoms with van der Waals surface area (Å²) in [5, 5.41) is 3.44. The SMILES string of the molecule is C=CCOc1ccc(CNCCc2nc3ccccc3[nH]2)cc1OC. The molecule has 1 aromatic heterocycles. The molecule has 0 aliphatic heterocycles. The third-order valence-corrected chi connectivity index (χ3v) is 3.89. The molecule has 130 valence electrons. The molecule has 0 unspecified atom stereocenters. The van der Waals surface area contributed by atoms with Crippen molar-refractivity contribution >= 4 is 11.0 Å². The van der Waals surface area contributed by atoms with Crippen LogP contribution in [-0.4, -0.2) is 30.2 Å².